The van der Waals surface area contributed by atoms with Gasteiger partial charge in [0.15, 0.2) is 11.6 Å². The Morgan fingerprint density at radius 2 is 1.70 bits per heavy atom. The Balaban J connectivity index is 1.13. The number of amides is 1. The highest BCUT2D eigenvalue weighted by Gasteiger charge is 2.30. The van der Waals surface area contributed by atoms with E-state index in [9.17, 15) is 18.0 Å². The normalized spacial score (nSPS) is 13.7. The molecule has 3 aromatic carbocycles. The summed E-state index contributed by atoms with van der Waals surface area (Å²) in [6, 6.07) is 24.4. The van der Waals surface area contributed by atoms with Gasteiger partial charge in [-0.25, -0.2) is 0 Å². The first-order valence-corrected chi connectivity index (χ1v) is 13.9. The van der Waals surface area contributed by atoms with Gasteiger partial charge in [-0.2, -0.15) is 13.2 Å². The first kappa shape index (κ1) is 28.2. The van der Waals surface area contributed by atoms with E-state index in [0.717, 1.165) is 66.3 Å². The molecule has 220 valence electrons. The maximum atomic E-state index is 13.0. The second-order valence-corrected chi connectivity index (χ2v) is 10.2. The molecule has 1 amide bonds. The van der Waals surface area contributed by atoms with E-state index >= 15 is 0 Å². The van der Waals surface area contributed by atoms with E-state index in [2.05, 4.69) is 37.9 Å². The Hall–Kier alpha value is -4.90. The molecule has 1 aliphatic heterocycles. The first-order chi connectivity index (χ1) is 20.8. The molecule has 0 radical (unpaired) electrons. The van der Waals surface area contributed by atoms with Crippen LogP contribution in [-0.2, 0) is 28.7 Å². The van der Waals surface area contributed by atoms with Crippen LogP contribution in [0.5, 0.6) is 0 Å². The van der Waals surface area contributed by atoms with E-state index in [1.807, 2.05) is 59.3 Å². The summed E-state index contributed by atoms with van der Waals surface area (Å²) >= 11 is 0. The number of nitrogens with zero attached hydrogens (tertiary/aromatic N) is 4. The van der Waals surface area contributed by atoms with Gasteiger partial charge < -0.3 is 20.3 Å². The number of hydrogen-bond donors (Lipinski definition) is 2. The number of para-hydroxylation sites is 1. The third-order valence-electron chi connectivity index (χ3n) is 7.30. The SMILES string of the molecule is O=C(Cc1cn(-c2ccc(Nc3ccc(N4CCOCC4)cc3)nn2)c2ccccc12)NCc1cccc(C(F)(F)F)c1. The Morgan fingerprint density at radius 3 is 2.44 bits per heavy atom. The lowest BCUT2D eigenvalue weighted by molar-refractivity contribution is -0.137. The average molecular weight is 587 g/mol. The van der Waals surface area contributed by atoms with Crippen molar-refractivity contribution in [2.24, 2.45) is 0 Å². The molecule has 6 rings (SSSR count). The minimum Gasteiger partial charge on any atom is -0.378 e. The van der Waals surface area contributed by atoms with Gasteiger partial charge in [-0.1, -0.05) is 30.3 Å². The lowest BCUT2D eigenvalue weighted by Crippen LogP contribution is -2.36. The van der Waals surface area contributed by atoms with Crippen molar-refractivity contribution in [3.05, 3.63) is 108 Å². The van der Waals surface area contributed by atoms with Gasteiger partial charge in [-0.15, -0.1) is 10.2 Å². The number of anilines is 3. The van der Waals surface area contributed by atoms with Crippen molar-refractivity contribution in [1.29, 1.82) is 0 Å². The van der Waals surface area contributed by atoms with E-state index in [1.165, 1.54) is 6.07 Å². The van der Waals surface area contributed by atoms with Crippen molar-refractivity contribution >= 4 is 34.0 Å². The molecule has 2 aromatic heterocycles. The largest absolute Gasteiger partial charge is 0.416 e. The second kappa shape index (κ2) is 12.1. The smallest absolute Gasteiger partial charge is 0.378 e. The molecule has 5 aromatic rings. The fraction of sp³-hybridized carbons (Fsp3) is 0.219. The number of alkyl halides is 3. The van der Waals surface area contributed by atoms with E-state index in [1.54, 1.807) is 6.07 Å². The van der Waals surface area contributed by atoms with E-state index in [0.29, 0.717) is 17.2 Å². The molecule has 0 spiro atoms. The maximum absolute atomic E-state index is 13.0. The molecule has 8 nitrogen and oxygen atoms in total. The van der Waals surface area contributed by atoms with Crippen LogP contribution in [0.2, 0.25) is 0 Å². The summed E-state index contributed by atoms with van der Waals surface area (Å²) in [5.74, 6) is 0.874. The van der Waals surface area contributed by atoms with Gasteiger partial charge in [0, 0.05) is 42.6 Å². The van der Waals surface area contributed by atoms with Crippen molar-refractivity contribution in [2.75, 3.05) is 36.5 Å². The zero-order valence-corrected chi connectivity index (χ0v) is 23.1. The van der Waals surface area contributed by atoms with Crippen LogP contribution in [0.3, 0.4) is 0 Å². The molecule has 1 aliphatic rings. The van der Waals surface area contributed by atoms with Gasteiger partial charge in [-0.3, -0.25) is 9.36 Å². The number of fused-ring (bicyclic) bond motifs is 1. The van der Waals surface area contributed by atoms with Crippen molar-refractivity contribution in [1.82, 2.24) is 20.1 Å². The third-order valence-corrected chi connectivity index (χ3v) is 7.30. The van der Waals surface area contributed by atoms with Crippen molar-refractivity contribution < 1.29 is 22.7 Å². The van der Waals surface area contributed by atoms with Crippen LogP contribution in [0, 0.1) is 0 Å². The molecule has 43 heavy (non-hydrogen) atoms. The Bertz CT molecular complexity index is 1710. The van der Waals surface area contributed by atoms with Crippen LogP contribution in [0.25, 0.3) is 16.7 Å². The van der Waals surface area contributed by atoms with Gasteiger partial charge in [0.05, 0.1) is 30.7 Å². The van der Waals surface area contributed by atoms with Crippen LogP contribution < -0.4 is 15.5 Å². The number of benzene rings is 3. The number of carbonyl (C=O) groups is 1. The van der Waals surface area contributed by atoms with E-state index in [-0.39, 0.29) is 18.9 Å². The quantitative estimate of drug-likeness (QED) is 0.236. The topological polar surface area (TPSA) is 84.3 Å². The van der Waals surface area contributed by atoms with Gasteiger partial charge >= 0.3 is 6.18 Å². The molecule has 11 heteroatoms. The Kier molecular flexibility index (Phi) is 7.97. The molecule has 1 saturated heterocycles. The van der Waals surface area contributed by atoms with Crippen LogP contribution in [0.4, 0.5) is 30.4 Å². The summed E-state index contributed by atoms with van der Waals surface area (Å²) in [4.78, 5) is 15.1. The van der Waals surface area contributed by atoms with Crippen molar-refractivity contribution in [2.45, 2.75) is 19.1 Å². The number of carbonyl (C=O) groups excluding carboxylic acids is 1. The number of ether oxygens (including phenoxy) is 1. The lowest BCUT2D eigenvalue weighted by Gasteiger charge is -2.28. The number of morpholine rings is 1. The summed E-state index contributed by atoms with van der Waals surface area (Å²) in [5, 5.41) is 15.7. The van der Waals surface area contributed by atoms with Crippen LogP contribution in [-0.4, -0.2) is 47.0 Å². The lowest BCUT2D eigenvalue weighted by atomic mass is 10.1. The molecule has 0 bridgehead atoms. The number of aromatic nitrogens is 3. The molecule has 0 unspecified atom stereocenters. The minimum absolute atomic E-state index is 0.00270. The Morgan fingerprint density at radius 1 is 0.907 bits per heavy atom. The minimum atomic E-state index is -4.44. The highest BCUT2D eigenvalue weighted by Crippen LogP contribution is 2.30. The molecular formula is C32H29F3N6O2. The summed E-state index contributed by atoms with van der Waals surface area (Å²) in [7, 11) is 0. The zero-order valence-electron chi connectivity index (χ0n) is 23.1. The molecule has 0 aliphatic carbocycles. The summed E-state index contributed by atoms with van der Waals surface area (Å²) in [5.41, 5.74) is 3.30. The fourth-order valence-electron chi connectivity index (χ4n) is 5.12. The van der Waals surface area contributed by atoms with Crippen LogP contribution >= 0.6 is 0 Å². The number of hydrogen-bond acceptors (Lipinski definition) is 6. The fourth-order valence-corrected chi connectivity index (χ4v) is 5.12. The van der Waals surface area contributed by atoms with Gasteiger partial charge in [-0.05, 0) is 65.7 Å². The molecule has 3 heterocycles. The van der Waals surface area contributed by atoms with Gasteiger partial charge in [0.25, 0.3) is 0 Å². The monoisotopic (exact) mass is 586 g/mol. The molecule has 0 atom stereocenters. The van der Waals surface area contributed by atoms with Gasteiger partial charge in [0.2, 0.25) is 5.91 Å². The van der Waals surface area contributed by atoms with Crippen molar-refractivity contribution in [3.63, 3.8) is 0 Å². The van der Waals surface area contributed by atoms with E-state index < -0.39 is 11.7 Å². The number of rotatable bonds is 8. The average Bonchev–Trinajstić information content (AvgIpc) is 3.39. The number of nitrogens with one attached hydrogen (secondary N) is 2. The van der Waals surface area contributed by atoms with Crippen LogP contribution in [0.1, 0.15) is 16.7 Å². The molecular weight excluding hydrogens is 557 g/mol. The third kappa shape index (κ3) is 6.62. The van der Waals surface area contributed by atoms with Crippen molar-refractivity contribution in [3.8, 4) is 5.82 Å². The summed E-state index contributed by atoms with van der Waals surface area (Å²) < 4.78 is 46.4. The highest BCUT2D eigenvalue weighted by atomic mass is 19.4. The second-order valence-electron chi connectivity index (χ2n) is 10.2. The standard InChI is InChI=1S/C32H29F3N6O2/c33-32(34,35)24-5-3-4-22(18-24)20-36-31(42)19-23-21-41(28-7-2-1-6-27(23)28)30-13-12-29(38-39-30)37-25-8-10-26(11-9-25)40-14-16-43-17-15-40/h1-13,18,21H,14-17,19-20H2,(H,36,42)(H,37,38). The zero-order chi connectivity index (χ0) is 29.8. The Labute approximate surface area is 246 Å². The molecule has 2 N–H and O–H groups in total. The first-order valence-electron chi connectivity index (χ1n) is 13.9. The van der Waals surface area contributed by atoms with E-state index in [4.69, 9.17) is 4.74 Å². The highest BCUT2D eigenvalue weighted by molar-refractivity contribution is 5.90. The summed E-state index contributed by atoms with van der Waals surface area (Å²) in [6.07, 6.45) is -2.54. The molecule has 1 fully saturated rings. The van der Waals surface area contributed by atoms with Gasteiger partial charge in [0.1, 0.15) is 0 Å². The maximum Gasteiger partial charge on any atom is 0.416 e. The predicted octanol–water partition coefficient (Wildman–Crippen LogP) is 5.88. The summed E-state index contributed by atoms with van der Waals surface area (Å²) in [6.45, 7) is 3.21. The molecule has 0 saturated carbocycles. The number of halogens is 3. The predicted molar refractivity (Wildman–Crippen MR) is 159 cm³/mol. The van der Waals surface area contributed by atoms with Crippen LogP contribution in [0.15, 0.2) is 91.1 Å².